The van der Waals surface area contributed by atoms with Gasteiger partial charge in [0, 0.05) is 23.0 Å². The fourth-order valence-electron chi connectivity index (χ4n) is 5.81. The predicted molar refractivity (Wildman–Crippen MR) is 127 cm³/mol. The van der Waals surface area contributed by atoms with Gasteiger partial charge in [-0.15, -0.1) is 0 Å². The lowest BCUT2D eigenvalue weighted by Gasteiger charge is -2.45. The predicted octanol–water partition coefficient (Wildman–Crippen LogP) is 3.97. The molecule has 2 aliphatic rings. The number of aromatic nitrogens is 3. The van der Waals surface area contributed by atoms with Gasteiger partial charge in [-0.3, -0.25) is 9.36 Å². The van der Waals surface area contributed by atoms with Gasteiger partial charge in [0.25, 0.3) is 11.7 Å². The van der Waals surface area contributed by atoms with E-state index >= 15 is 0 Å². The smallest absolute Gasteiger partial charge is 0.280 e. The summed E-state index contributed by atoms with van der Waals surface area (Å²) in [6.45, 7) is 1.76. The van der Waals surface area contributed by atoms with Crippen LogP contribution in [0.4, 0.5) is 4.79 Å². The van der Waals surface area contributed by atoms with Crippen molar-refractivity contribution < 1.29 is 14.6 Å². The van der Waals surface area contributed by atoms with Gasteiger partial charge in [-0.05, 0) is 57.6 Å². The first-order valence-electron chi connectivity index (χ1n) is 11.0. The second-order valence-electron chi connectivity index (χ2n) is 8.92. The largest absolute Gasteiger partial charge is 0.540 e. The summed E-state index contributed by atoms with van der Waals surface area (Å²) in [5.74, 6) is 0.171. The second-order valence-corrected chi connectivity index (χ2v) is 9.84. The molecule has 2 aromatic heterocycles. The van der Waals surface area contributed by atoms with Gasteiger partial charge in [-0.2, -0.15) is 0 Å². The van der Waals surface area contributed by atoms with E-state index in [1.165, 1.54) is 0 Å². The van der Waals surface area contributed by atoms with Crippen molar-refractivity contribution >= 4 is 33.1 Å². The van der Waals surface area contributed by atoms with Gasteiger partial charge >= 0.3 is 0 Å². The molecule has 1 aliphatic heterocycles. The van der Waals surface area contributed by atoms with Crippen LogP contribution in [-0.2, 0) is 11.2 Å². The Kier molecular flexibility index (Phi) is 4.64. The number of hydrogen-bond donors (Lipinski definition) is 0. The standard InChI is InChI=1S/C26H20BrN3O4/c1-26(34-25(32)33,22-17-8-4-2-6-15(17)16-7-3-5-9-18(16)22)20-10-11-21-29-19-12-14(27)13-28-23(19)24(31)30(20)21/h2-9,12-13,20,22H,10-11H2,1H3,(H,32,33)/p-1. The monoisotopic (exact) mass is 516 g/mol. The zero-order valence-electron chi connectivity index (χ0n) is 18.2. The number of carbonyl (C=O) groups excluding carboxylic acids is 1. The number of aryl methyl sites for hydroxylation is 1. The summed E-state index contributed by atoms with van der Waals surface area (Å²) in [7, 11) is 0. The molecule has 0 bridgehead atoms. The van der Waals surface area contributed by atoms with Crippen LogP contribution in [0.2, 0.25) is 0 Å². The quantitative estimate of drug-likeness (QED) is 0.382. The molecule has 1 aliphatic carbocycles. The van der Waals surface area contributed by atoms with E-state index in [4.69, 9.17) is 4.74 Å². The van der Waals surface area contributed by atoms with E-state index in [1.807, 2.05) is 48.5 Å². The molecule has 3 heterocycles. The number of benzene rings is 2. The lowest BCUT2D eigenvalue weighted by Crippen LogP contribution is -2.49. The number of halogens is 1. The summed E-state index contributed by atoms with van der Waals surface area (Å²) in [6, 6.07) is 17.0. The zero-order chi connectivity index (χ0) is 23.6. The van der Waals surface area contributed by atoms with Crippen LogP contribution in [0, 0.1) is 0 Å². The number of carboxylic acid groups (broad SMARTS) is 1. The van der Waals surface area contributed by atoms with E-state index in [1.54, 1.807) is 23.8 Å². The molecular weight excluding hydrogens is 498 g/mol. The third-order valence-electron chi connectivity index (χ3n) is 7.11. The van der Waals surface area contributed by atoms with Gasteiger partial charge in [0.1, 0.15) is 5.82 Å². The fraction of sp³-hybridized carbons (Fsp3) is 0.231. The summed E-state index contributed by atoms with van der Waals surface area (Å²) in [5, 5.41) is 11.9. The van der Waals surface area contributed by atoms with Crippen LogP contribution in [-0.4, -0.2) is 26.3 Å². The first-order chi connectivity index (χ1) is 16.4. The molecule has 2 unspecified atom stereocenters. The van der Waals surface area contributed by atoms with Gasteiger partial charge in [0.15, 0.2) is 5.52 Å². The highest BCUT2D eigenvalue weighted by Gasteiger charge is 2.50. The Balaban J connectivity index is 1.59. The van der Waals surface area contributed by atoms with Gasteiger partial charge in [-0.1, -0.05) is 48.5 Å². The molecule has 6 rings (SSSR count). The molecule has 0 spiro atoms. The molecule has 2 atom stereocenters. The van der Waals surface area contributed by atoms with Crippen LogP contribution < -0.4 is 10.7 Å². The molecule has 2 aromatic carbocycles. The van der Waals surface area contributed by atoms with E-state index in [9.17, 15) is 14.7 Å². The maximum Gasteiger partial charge on any atom is 0.280 e. The highest BCUT2D eigenvalue weighted by molar-refractivity contribution is 9.10. The maximum absolute atomic E-state index is 13.6. The number of pyridine rings is 1. The highest BCUT2D eigenvalue weighted by atomic mass is 79.9. The second kappa shape index (κ2) is 7.50. The van der Waals surface area contributed by atoms with Crippen LogP contribution in [0.25, 0.3) is 22.2 Å². The Morgan fingerprint density at radius 1 is 1.15 bits per heavy atom. The van der Waals surface area contributed by atoms with Crippen molar-refractivity contribution in [1.82, 2.24) is 14.5 Å². The number of ether oxygens (including phenoxy) is 1. The minimum absolute atomic E-state index is 0.238. The summed E-state index contributed by atoms with van der Waals surface area (Å²) in [4.78, 5) is 34.5. The average Bonchev–Trinajstić information content (AvgIpc) is 3.39. The third kappa shape index (κ3) is 2.94. The van der Waals surface area contributed by atoms with E-state index in [-0.39, 0.29) is 11.1 Å². The molecule has 34 heavy (non-hydrogen) atoms. The Morgan fingerprint density at radius 3 is 2.44 bits per heavy atom. The van der Waals surface area contributed by atoms with Gasteiger partial charge < -0.3 is 14.6 Å². The molecule has 7 nitrogen and oxygen atoms in total. The molecule has 0 radical (unpaired) electrons. The number of hydrogen-bond acceptors (Lipinski definition) is 6. The molecule has 0 amide bonds. The van der Waals surface area contributed by atoms with Crippen LogP contribution in [0.5, 0.6) is 0 Å². The zero-order valence-corrected chi connectivity index (χ0v) is 19.8. The number of carbonyl (C=O) groups is 1. The van der Waals surface area contributed by atoms with Crippen molar-refractivity contribution in [3.8, 4) is 11.1 Å². The summed E-state index contributed by atoms with van der Waals surface area (Å²) in [6.07, 6.45) is 0.957. The molecule has 8 heteroatoms. The first-order valence-corrected chi connectivity index (χ1v) is 11.8. The number of nitrogens with zero attached hydrogens (tertiary/aromatic N) is 3. The van der Waals surface area contributed by atoms with Crippen LogP contribution in [0.1, 0.15) is 42.3 Å². The van der Waals surface area contributed by atoms with Crippen molar-refractivity contribution in [2.24, 2.45) is 0 Å². The SMILES string of the molecule is CC(OC(=O)[O-])(C1c2ccccc2-c2ccccc21)C1CCc2nc3cc(Br)cnc3c(=O)n21. The van der Waals surface area contributed by atoms with Gasteiger partial charge in [0.2, 0.25) is 0 Å². The normalized spacial score (nSPS) is 18.2. The van der Waals surface area contributed by atoms with E-state index in [0.717, 1.165) is 26.7 Å². The minimum atomic E-state index is -1.62. The van der Waals surface area contributed by atoms with Crippen LogP contribution >= 0.6 is 15.9 Å². The molecule has 170 valence electrons. The Bertz CT molecular complexity index is 1500. The molecule has 0 fully saturated rings. The van der Waals surface area contributed by atoms with Gasteiger partial charge in [-0.25, -0.2) is 9.97 Å². The van der Waals surface area contributed by atoms with Crippen LogP contribution in [0.3, 0.4) is 0 Å². The fourth-order valence-corrected chi connectivity index (χ4v) is 6.13. The molecular formula is C26H19BrN3O4-. The van der Waals surface area contributed by atoms with Crippen molar-refractivity contribution in [2.45, 2.75) is 37.3 Å². The Morgan fingerprint density at radius 2 is 1.79 bits per heavy atom. The Hall–Kier alpha value is -3.52. The summed E-state index contributed by atoms with van der Waals surface area (Å²) < 4.78 is 7.96. The minimum Gasteiger partial charge on any atom is -0.540 e. The van der Waals surface area contributed by atoms with Crippen molar-refractivity contribution in [1.29, 1.82) is 0 Å². The van der Waals surface area contributed by atoms with Crippen molar-refractivity contribution in [2.75, 3.05) is 0 Å². The lowest BCUT2D eigenvalue weighted by molar-refractivity contribution is -0.298. The molecule has 0 saturated heterocycles. The summed E-state index contributed by atoms with van der Waals surface area (Å²) >= 11 is 3.38. The highest BCUT2D eigenvalue weighted by Crippen LogP contribution is 2.55. The topological polar surface area (TPSA) is 97.1 Å². The van der Waals surface area contributed by atoms with Crippen molar-refractivity contribution in [3.05, 3.63) is 92.6 Å². The van der Waals surface area contributed by atoms with Crippen molar-refractivity contribution in [3.63, 3.8) is 0 Å². The van der Waals surface area contributed by atoms with Crippen LogP contribution in [0.15, 0.2) is 70.1 Å². The first kappa shape index (κ1) is 21.0. The van der Waals surface area contributed by atoms with E-state index in [0.29, 0.717) is 24.2 Å². The Labute approximate surface area is 203 Å². The summed E-state index contributed by atoms with van der Waals surface area (Å²) in [5.41, 5.74) is 3.11. The lowest BCUT2D eigenvalue weighted by atomic mass is 9.76. The van der Waals surface area contributed by atoms with Gasteiger partial charge in [0.05, 0.1) is 17.2 Å². The molecule has 4 aromatic rings. The van der Waals surface area contributed by atoms with E-state index in [2.05, 4.69) is 25.9 Å². The number of fused-ring (bicyclic) bond motifs is 5. The maximum atomic E-state index is 13.6. The average molecular weight is 517 g/mol. The number of rotatable bonds is 3. The third-order valence-corrected chi connectivity index (χ3v) is 7.54. The molecule has 0 N–H and O–H groups in total. The van der Waals surface area contributed by atoms with E-state index < -0.39 is 23.7 Å². The molecule has 0 saturated carbocycles.